The number of carbonyl (C=O) groups is 1. The van der Waals surface area contributed by atoms with Gasteiger partial charge in [0.05, 0.1) is 12.7 Å². The second kappa shape index (κ2) is 3.31. The number of ether oxygens (including phenoxy) is 1. The zero-order chi connectivity index (χ0) is 10.1. The largest absolute Gasteiger partial charge is 0.465 e. The number of nitrogens with two attached hydrogens (primary N) is 1. The summed E-state index contributed by atoms with van der Waals surface area (Å²) < 4.78 is 5.71. The normalized spacial score (nSPS) is 10.4. The lowest BCUT2D eigenvalue weighted by Gasteiger charge is -1.97. The molecule has 0 amide bonds. The quantitative estimate of drug-likeness (QED) is 0.576. The standard InChI is InChI=1S/C10H9NO2S/c1-13-10(12)8-5-14-9-3-2-6(11)4-7(8)9/h2-5H,11H2,1H3. The van der Waals surface area contributed by atoms with Gasteiger partial charge in [0.15, 0.2) is 0 Å². The summed E-state index contributed by atoms with van der Waals surface area (Å²) in [5.74, 6) is -0.318. The van der Waals surface area contributed by atoms with Crippen LogP contribution in [0.3, 0.4) is 0 Å². The van der Waals surface area contributed by atoms with E-state index in [4.69, 9.17) is 5.73 Å². The molecule has 0 unspecified atom stereocenters. The van der Waals surface area contributed by atoms with E-state index in [-0.39, 0.29) is 5.97 Å². The first-order valence-electron chi connectivity index (χ1n) is 4.07. The molecular formula is C10H9NO2S. The van der Waals surface area contributed by atoms with Gasteiger partial charge in [-0.1, -0.05) is 0 Å². The van der Waals surface area contributed by atoms with Crippen molar-refractivity contribution in [1.29, 1.82) is 0 Å². The van der Waals surface area contributed by atoms with Gasteiger partial charge in [-0.25, -0.2) is 4.79 Å². The Balaban J connectivity index is 2.67. The van der Waals surface area contributed by atoms with E-state index in [9.17, 15) is 4.79 Å². The van der Waals surface area contributed by atoms with Crippen LogP contribution in [0.15, 0.2) is 23.6 Å². The van der Waals surface area contributed by atoms with Gasteiger partial charge < -0.3 is 10.5 Å². The molecule has 1 heterocycles. The van der Waals surface area contributed by atoms with Crippen molar-refractivity contribution in [3.05, 3.63) is 29.1 Å². The molecule has 0 fully saturated rings. The fraction of sp³-hybridized carbons (Fsp3) is 0.100. The molecule has 0 saturated heterocycles. The van der Waals surface area contributed by atoms with Crippen LogP contribution in [0.25, 0.3) is 10.1 Å². The van der Waals surface area contributed by atoms with E-state index in [0.717, 1.165) is 10.1 Å². The van der Waals surface area contributed by atoms with Crippen molar-refractivity contribution < 1.29 is 9.53 Å². The molecule has 0 saturated carbocycles. The second-order valence-electron chi connectivity index (χ2n) is 2.90. The van der Waals surface area contributed by atoms with E-state index in [1.54, 1.807) is 11.4 Å². The number of nitrogen functional groups attached to an aromatic ring is 1. The Morgan fingerprint density at radius 3 is 3.00 bits per heavy atom. The topological polar surface area (TPSA) is 52.3 Å². The van der Waals surface area contributed by atoms with Crippen LogP contribution < -0.4 is 5.73 Å². The minimum absolute atomic E-state index is 0.318. The summed E-state index contributed by atoms with van der Waals surface area (Å²) in [6.45, 7) is 0. The van der Waals surface area contributed by atoms with Crippen molar-refractivity contribution in [3.63, 3.8) is 0 Å². The SMILES string of the molecule is COC(=O)c1csc2ccc(N)cc12. The Bertz CT molecular complexity index is 490. The fourth-order valence-electron chi connectivity index (χ4n) is 1.31. The molecule has 14 heavy (non-hydrogen) atoms. The van der Waals surface area contributed by atoms with E-state index in [0.29, 0.717) is 11.3 Å². The van der Waals surface area contributed by atoms with Crippen LogP contribution in [0.1, 0.15) is 10.4 Å². The monoisotopic (exact) mass is 207 g/mol. The molecule has 0 aliphatic heterocycles. The van der Waals surface area contributed by atoms with Crippen molar-refractivity contribution >= 4 is 33.1 Å². The zero-order valence-electron chi connectivity index (χ0n) is 7.61. The number of carbonyl (C=O) groups excluding carboxylic acids is 1. The predicted octanol–water partition coefficient (Wildman–Crippen LogP) is 2.27. The third-order valence-corrected chi connectivity index (χ3v) is 2.97. The van der Waals surface area contributed by atoms with Crippen LogP contribution >= 0.6 is 11.3 Å². The van der Waals surface area contributed by atoms with E-state index in [1.165, 1.54) is 18.4 Å². The maximum atomic E-state index is 11.3. The minimum Gasteiger partial charge on any atom is -0.465 e. The molecule has 2 aromatic rings. The highest BCUT2D eigenvalue weighted by Gasteiger charge is 2.11. The van der Waals surface area contributed by atoms with Crippen molar-refractivity contribution in [1.82, 2.24) is 0 Å². The van der Waals surface area contributed by atoms with Crippen molar-refractivity contribution in [3.8, 4) is 0 Å². The number of esters is 1. The number of anilines is 1. The number of hydrogen-bond acceptors (Lipinski definition) is 4. The molecule has 3 nitrogen and oxygen atoms in total. The summed E-state index contributed by atoms with van der Waals surface area (Å²) in [7, 11) is 1.37. The molecule has 72 valence electrons. The number of hydrogen-bond donors (Lipinski definition) is 1. The van der Waals surface area contributed by atoms with Crippen LogP contribution in [0.2, 0.25) is 0 Å². The van der Waals surface area contributed by atoms with Crippen LogP contribution in [0.4, 0.5) is 5.69 Å². The lowest BCUT2D eigenvalue weighted by atomic mass is 10.1. The molecule has 0 aliphatic carbocycles. The molecule has 2 N–H and O–H groups in total. The third-order valence-electron chi connectivity index (χ3n) is 2.00. The molecule has 0 aliphatic rings. The Morgan fingerprint density at radius 2 is 2.29 bits per heavy atom. The highest BCUT2D eigenvalue weighted by atomic mass is 32.1. The van der Waals surface area contributed by atoms with Gasteiger partial charge >= 0.3 is 5.97 Å². The molecule has 1 aromatic carbocycles. The Kier molecular flexibility index (Phi) is 2.13. The van der Waals surface area contributed by atoms with Crippen molar-refractivity contribution in [2.75, 3.05) is 12.8 Å². The third kappa shape index (κ3) is 1.33. The molecule has 0 radical (unpaired) electrons. The molecule has 0 spiro atoms. The summed E-state index contributed by atoms with van der Waals surface area (Å²) in [6.07, 6.45) is 0. The Labute approximate surface area is 85.1 Å². The predicted molar refractivity (Wildman–Crippen MR) is 57.6 cm³/mol. The maximum Gasteiger partial charge on any atom is 0.339 e. The minimum atomic E-state index is -0.318. The van der Waals surface area contributed by atoms with Gasteiger partial charge in [-0.2, -0.15) is 0 Å². The van der Waals surface area contributed by atoms with E-state index >= 15 is 0 Å². The summed E-state index contributed by atoms with van der Waals surface area (Å²) >= 11 is 1.51. The average Bonchev–Trinajstić information content (AvgIpc) is 2.59. The summed E-state index contributed by atoms with van der Waals surface area (Å²) in [6, 6.07) is 5.51. The zero-order valence-corrected chi connectivity index (χ0v) is 8.43. The first-order valence-corrected chi connectivity index (χ1v) is 4.95. The van der Waals surface area contributed by atoms with E-state index in [1.807, 2.05) is 12.1 Å². The van der Waals surface area contributed by atoms with Crippen molar-refractivity contribution in [2.24, 2.45) is 0 Å². The smallest absolute Gasteiger partial charge is 0.339 e. The van der Waals surface area contributed by atoms with Crippen LogP contribution in [-0.2, 0) is 4.74 Å². The summed E-state index contributed by atoms with van der Waals surface area (Å²) in [5, 5.41) is 2.65. The van der Waals surface area contributed by atoms with Crippen LogP contribution in [0, 0.1) is 0 Å². The molecule has 0 bridgehead atoms. The van der Waals surface area contributed by atoms with E-state index in [2.05, 4.69) is 4.74 Å². The van der Waals surface area contributed by atoms with Gasteiger partial charge in [0.25, 0.3) is 0 Å². The number of fused-ring (bicyclic) bond motifs is 1. The average molecular weight is 207 g/mol. The van der Waals surface area contributed by atoms with Gasteiger partial charge in [-0.15, -0.1) is 11.3 Å². The summed E-state index contributed by atoms with van der Waals surface area (Å²) in [5.41, 5.74) is 6.88. The van der Waals surface area contributed by atoms with Gasteiger partial charge in [0.1, 0.15) is 0 Å². The Hall–Kier alpha value is -1.55. The van der Waals surface area contributed by atoms with E-state index < -0.39 is 0 Å². The van der Waals surface area contributed by atoms with Gasteiger partial charge in [0, 0.05) is 21.2 Å². The van der Waals surface area contributed by atoms with Crippen molar-refractivity contribution in [2.45, 2.75) is 0 Å². The lowest BCUT2D eigenvalue weighted by molar-refractivity contribution is 0.0603. The molecule has 1 aromatic heterocycles. The number of benzene rings is 1. The van der Waals surface area contributed by atoms with Crippen LogP contribution in [0.5, 0.6) is 0 Å². The highest BCUT2D eigenvalue weighted by Crippen LogP contribution is 2.28. The number of rotatable bonds is 1. The molecule has 0 atom stereocenters. The summed E-state index contributed by atoms with van der Waals surface area (Å²) in [4.78, 5) is 11.3. The maximum absolute atomic E-state index is 11.3. The van der Waals surface area contributed by atoms with Gasteiger partial charge in [-0.05, 0) is 18.2 Å². The first kappa shape index (κ1) is 9.02. The number of methoxy groups -OCH3 is 1. The molecule has 2 rings (SSSR count). The fourth-order valence-corrected chi connectivity index (χ4v) is 2.23. The lowest BCUT2D eigenvalue weighted by Crippen LogP contribution is -1.99. The molecule has 4 heteroatoms. The Morgan fingerprint density at radius 1 is 1.50 bits per heavy atom. The molecular weight excluding hydrogens is 198 g/mol. The van der Waals surface area contributed by atoms with Crippen LogP contribution in [-0.4, -0.2) is 13.1 Å². The second-order valence-corrected chi connectivity index (χ2v) is 3.81. The number of thiophene rings is 1. The highest BCUT2D eigenvalue weighted by molar-refractivity contribution is 7.17. The van der Waals surface area contributed by atoms with Gasteiger partial charge in [0.2, 0.25) is 0 Å². The van der Waals surface area contributed by atoms with Gasteiger partial charge in [-0.3, -0.25) is 0 Å². The first-order chi connectivity index (χ1) is 6.72.